The number of hydrogen-bond donors (Lipinski definition) is 0. The number of fused-ring (bicyclic) bond motifs is 1. The van der Waals surface area contributed by atoms with E-state index in [1.54, 1.807) is 6.07 Å². The molecule has 0 aliphatic rings. The van der Waals surface area contributed by atoms with Crippen LogP contribution in [0.15, 0.2) is 63.9 Å². The Morgan fingerprint density at radius 2 is 1.76 bits per heavy atom. The van der Waals surface area contributed by atoms with Crippen LogP contribution in [-0.4, -0.2) is 10.5 Å². The van der Waals surface area contributed by atoms with Gasteiger partial charge in [-0.05, 0) is 29.3 Å². The van der Waals surface area contributed by atoms with Crippen molar-refractivity contribution in [2.45, 2.75) is 6.92 Å². The van der Waals surface area contributed by atoms with Gasteiger partial charge in [-0.2, -0.15) is 0 Å². The largest absolute Gasteiger partial charge is 0.274 e. The van der Waals surface area contributed by atoms with E-state index in [2.05, 4.69) is 15.9 Å². The number of rotatable bonds is 1. The van der Waals surface area contributed by atoms with E-state index in [0.717, 1.165) is 21.0 Å². The molecule has 0 atom stereocenters. The molecule has 104 valence electrons. The van der Waals surface area contributed by atoms with Crippen molar-refractivity contribution < 1.29 is 4.79 Å². The molecule has 21 heavy (non-hydrogen) atoms. The molecule has 0 saturated carbocycles. The lowest BCUT2D eigenvalue weighted by molar-refractivity contribution is 0.0938. The Kier molecular flexibility index (Phi) is 3.47. The van der Waals surface area contributed by atoms with Crippen molar-refractivity contribution in [3.8, 4) is 11.1 Å². The van der Waals surface area contributed by atoms with Gasteiger partial charge >= 0.3 is 0 Å². The fourth-order valence-electron chi connectivity index (χ4n) is 2.48. The fraction of sp³-hybridized carbons (Fsp3) is 0.0588. The first-order chi connectivity index (χ1) is 10.1. The highest BCUT2D eigenvalue weighted by atomic mass is 79.9. The van der Waals surface area contributed by atoms with Crippen LogP contribution in [0.5, 0.6) is 0 Å². The van der Waals surface area contributed by atoms with Gasteiger partial charge in [0, 0.05) is 22.8 Å². The molecule has 0 unspecified atom stereocenters. The van der Waals surface area contributed by atoms with Crippen LogP contribution in [0, 0.1) is 0 Å². The maximum absolute atomic E-state index is 12.3. The number of hydrogen-bond acceptors (Lipinski definition) is 2. The third-order valence-corrected chi connectivity index (χ3v) is 3.87. The van der Waals surface area contributed by atoms with Crippen molar-refractivity contribution in [1.29, 1.82) is 0 Å². The van der Waals surface area contributed by atoms with Crippen LogP contribution in [-0.2, 0) is 0 Å². The zero-order chi connectivity index (χ0) is 15.0. The van der Waals surface area contributed by atoms with E-state index in [1.807, 2.05) is 42.5 Å². The number of nitrogens with zero attached hydrogens (tertiary/aromatic N) is 1. The van der Waals surface area contributed by atoms with Crippen molar-refractivity contribution in [3.05, 3.63) is 69.4 Å². The van der Waals surface area contributed by atoms with Crippen LogP contribution >= 0.6 is 15.9 Å². The number of carbonyl (C=O) groups excluding carboxylic acids is 1. The summed E-state index contributed by atoms with van der Waals surface area (Å²) in [6, 6.07) is 16.7. The highest BCUT2D eigenvalue weighted by Crippen LogP contribution is 2.29. The van der Waals surface area contributed by atoms with Crippen molar-refractivity contribution in [1.82, 2.24) is 4.57 Å². The molecular formula is C17H12BrNO2. The molecule has 0 radical (unpaired) electrons. The van der Waals surface area contributed by atoms with Gasteiger partial charge < -0.3 is 0 Å². The standard InChI is InChI=1S/C17H12BrNO2/c1-11(20)19-16-8-7-13(18)9-15(16)14(10-17(19)21)12-5-3-2-4-6-12/h2-10H,1H3. The zero-order valence-electron chi connectivity index (χ0n) is 11.3. The highest BCUT2D eigenvalue weighted by molar-refractivity contribution is 9.10. The number of pyridine rings is 1. The molecule has 0 saturated heterocycles. The first-order valence-electron chi connectivity index (χ1n) is 6.49. The van der Waals surface area contributed by atoms with E-state index in [4.69, 9.17) is 0 Å². The van der Waals surface area contributed by atoms with Gasteiger partial charge in [0.1, 0.15) is 0 Å². The molecule has 0 aliphatic heterocycles. The van der Waals surface area contributed by atoms with Gasteiger partial charge in [-0.25, -0.2) is 4.57 Å². The fourth-order valence-corrected chi connectivity index (χ4v) is 2.85. The van der Waals surface area contributed by atoms with E-state index >= 15 is 0 Å². The SMILES string of the molecule is CC(=O)n1c(=O)cc(-c2ccccc2)c2cc(Br)ccc21. The van der Waals surface area contributed by atoms with Crippen LogP contribution in [0.3, 0.4) is 0 Å². The van der Waals surface area contributed by atoms with Gasteiger partial charge in [-0.3, -0.25) is 9.59 Å². The predicted molar refractivity (Wildman–Crippen MR) is 87.6 cm³/mol. The number of aromatic nitrogens is 1. The average molecular weight is 342 g/mol. The molecule has 3 aromatic rings. The Hall–Kier alpha value is -2.20. The molecule has 0 bridgehead atoms. The number of benzene rings is 2. The van der Waals surface area contributed by atoms with E-state index in [0.29, 0.717) is 5.52 Å². The second-order valence-corrected chi connectivity index (χ2v) is 5.69. The molecule has 4 heteroatoms. The van der Waals surface area contributed by atoms with Gasteiger partial charge in [0.05, 0.1) is 5.52 Å². The van der Waals surface area contributed by atoms with Crippen molar-refractivity contribution in [2.75, 3.05) is 0 Å². The molecule has 3 rings (SSSR count). The molecule has 0 spiro atoms. The lowest BCUT2D eigenvalue weighted by atomic mass is 10.0. The van der Waals surface area contributed by atoms with Crippen molar-refractivity contribution in [3.63, 3.8) is 0 Å². The van der Waals surface area contributed by atoms with Crippen molar-refractivity contribution in [2.24, 2.45) is 0 Å². The van der Waals surface area contributed by atoms with E-state index in [-0.39, 0.29) is 11.5 Å². The lowest BCUT2D eigenvalue weighted by Crippen LogP contribution is -2.24. The second kappa shape index (κ2) is 5.30. The molecule has 0 aliphatic carbocycles. The topological polar surface area (TPSA) is 39.1 Å². The zero-order valence-corrected chi connectivity index (χ0v) is 12.9. The van der Waals surface area contributed by atoms with Crippen LogP contribution in [0.1, 0.15) is 11.7 Å². The number of halogens is 1. The van der Waals surface area contributed by atoms with Gasteiger partial charge in [0.15, 0.2) is 0 Å². The summed E-state index contributed by atoms with van der Waals surface area (Å²) in [6.45, 7) is 1.39. The molecule has 0 fully saturated rings. The summed E-state index contributed by atoms with van der Waals surface area (Å²) < 4.78 is 2.11. The van der Waals surface area contributed by atoms with Gasteiger partial charge in [-0.15, -0.1) is 0 Å². The Morgan fingerprint density at radius 1 is 1.05 bits per heavy atom. The van der Waals surface area contributed by atoms with Gasteiger partial charge in [0.25, 0.3) is 5.56 Å². The first kappa shape index (κ1) is 13.8. The summed E-state index contributed by atoms with van der Waals surface area (Å²) in [5, 5.41) is 0.866. The first-order valence-corrected chi connectivity index (χ1v) is 7.29. The Morgan fingerprint density at radius 3 is 2.43 bits per heavy atom. The van der Waals surface area contributed by atoms with Crippen LogP contribution in [0.4, 0.5) is 0 Å². The maximum Gasteiger partial charge on any atom is 0.258 e. The normalized spacial score (nSPS) is 10.8. The van der Waals surface area contributed by atoms with Crippen molar-refractivity contribution >= 4 is 32.7 Å². The molecule has 1 heterocycles. The molecule has 0 amide bonds. The third-order valence-electron chi connectivity index (χ3n) is 3.38. The van der Waals surface area contributed by atoms with Gasteiger partial charge in [-0.1, -0.05) is 46.3 Å². The molecular weight excluding hydrogens is 330 g/mol. The van der Waals surface area contributed by atoms with Crippen LogP contribution < -0.4 is 5.56 Å². The molecule has 1 aromatic heterocycles. The minimum absolute atomic E-state index is 0.285. The minimum Gasteiger partial charge on any atom is -0.274 e. The number of carbonyl (C=O) groups is 1. The van der Waals surface area contributed by atoms with E-state index < -0.39 is 0 Å². The average Bonchev–Trinajstić information content (AvgIpc) is 2.47. The Bertz CT molecular complexity index is 898. The molecule has 2 aromatic carbocycles. The Labute approximate surface area is 130 Å². The summed E-state index contributed by atoms with van der Waals surface area (Å²) >= 11 is 3.45. The summed E-state index contributed by atoms with van der Waals surface area (Å²) in [4.78, 5) is 24.0. The minimum atomic E-state index is -0.309. The lowest BCUT2D eigenvalue weighted by Gasteiger charge is -2.11. The predicted octanol–water partition coefficient (Wildman–Crippen LogP) is 4.09. The highest BCUT2D eigenvalue weighted by Gasteiger charge is 2.13. The molecule has 0 N–H and O–H groups in total. The van der Waals surface area contributed by atoms with Crippen LogP contribution in [0.2, 0.25) is 0 Å². The quantitative estimate of drug-likeness (QED) is 0.668. The van der Waals surface area contributed by atoms with E-state index in [9.17, 15) is 9.59 Å². The monoisotopic (exact) mass is 341 g/mol. The molecule has 3 nitrogen and oxygen atoms in total. The summed E-state index contributed by atoms with van der Waals surface area (Å²) in [6.07, 6.45) is 0. The smallest absolute Gasteiger partial charge is 0.258 e. The van der Waals surface area contributed by atoms with Gasteiger partial charge in [0.2, 0.25) is 5.91 Å². The summed E-state index contributed by atoms with van der Waals surface area (Å²) in [5.41, 5.74) is 2.09. The Balaban J connectivity index is 2.47. The summed E-state index contributed by atoms with van der Waals surface area (Å²) in [7, 11) is 0. The summed E-state index contributed by atoms with van der Waals surface area (Å²) in [5.74, 6) is -0.285. The van der Waals surface area contributed by atoms with Crippen LogP contribution in [0.25, 0.3) is 22.0 Å². The maximum atomic E-state index is 12.3. The third kappa shape index (κ3) is 2.43. The van der Waals surface area contributed by atoms with E-state index in [1.165, 1.54) is 17.6 Å². The second-order valence-electron chi connectivity index (χ2n) is 4.78.